The van der Waals surface area contributed by atoms with Crippen LogP contribution in [0.5, 0.6) is 0 Å². The topological polar surface area (TPSA) is 78.8 Å². The summed E-state index contributed by atoms with van der Waals surface area (Å²) in [5, 5.41) is 0.997. The van der Waals surface area contributed by atoms with E-state index in [1.165, 1.54) is 42.2 Å². The third-order valence-electron chi connectivity index (χ3n) is 11.4. The van der Waals surface area contributed by atoms with Gasteiger partial charge in [0, 0.05) is 62.3 Å². The van der Waals surface area contributed by atoms with Gasteiger partial charge in [0.1, 0.15) is 15.7 Å². The number of aromatic nitrogens is 2. The Balaban J connectivity index is 1.15. The Hall–Kier alpha value is -2.82. The minimum Gasteiger partial charge on any atom is -0.339 e. The van der Waals surface area contributed by atoms with Crippen molar-refractivity contribution in [1.82, 2.24) is 24.3 Å². The molecule has 1 aromatic carbocycles. The molecule has 1 aliphatic carbocycles. The lowest BCUT2D eigenvalue weighted by molar-refractivity contribution is -0.0482. The molecule has 2 saturated heterocycles. The van der Waals surface area contributed by atoms with Gasteiger partial charge in [-0.1, -0.05) is 13.8 Å². The Labute approximate surface area is 280 Å². The summed E-state index contributed by atoms with van der Waals surface area (Å²) in [7, 11) is -1.18. The fourth-order valence-electron chi connectivity index (χ4n) is 8.54. The van der Waals surface area contributed by atoms with Crippen molar-refractivity contribution in [2.24, 2.45) is 17.8 Å². The quantitative estimate of drug-likeness (QED) is 0.275. The molecule has 2 aromatic heterocycles. The summed E-state index contributed by atoms with van der Waals surface area (Å²) in [6.07, 6.45) is 12.2. The molecule has 4 heterocycles. The van der Waals surface area contributed by atoms with Crippen molar-refractivity contribution in [3.05, 3.63) is 59.3 Å². The summed E-state index contributed by atoms with van der Waals surface area (Å²) in [6.45, 7) is 14.6. The zero-order chi connectivity index (χ0) is 33.8. The van der Waals surface area contributed by atoms with Gasteiger partial charge < -0.3 is 14.4 Å². The second kappa shape index (κ2) is 13.2. The summed E-state index contributed by atoms with van der Waals surface area (Å²) < 4.78 is 40.5. The van der Waals surface area contributed by atoms with E-state index in [2.05, 4.69) is 41.8 Å². The number of likely N-dealkylation sites (tertiary alicyclic amines) is 2. The van der Waals surface area contributed by atoms with E-state index >= 15 is 0 Å². The first-order chi connectivity index (χ1) is 22.2. The van der Waals surface area contributed by atoms with Gasteiger partial charge in [-0.3, -0.25) is 14.7 Å². The highest BCUT2D eigenvalue weighted by Gasteiger charge is 2.45. The number of rotatable bonds is 10. The Morgan fingerprint density at radius 1 is 1.09 bits per heavy atom. The molecule has 8 nitrogen and oxygen atoms in total. The number of piperidine rings is 1. The minimum atomic E-state index is -2.94. The number of pyridine rings is 1. The summed E-state index contributed by atoms with van der Waals surface area (Å²) in [6, 6.07) is 5.62. The predicted molar refractivity (Wildman–Crippen MR) is 186 cm³/mol. The molecule has 6 rings (SSSR count). The third kappa shape index (κ3) is 6.75. The molecule has 0 radical (unpaired) electrons. The van der Waals surface area contributed by atoms with Crippen LogP contribution >= 0.6 is 0 Å². The lowest BCUT2D eigenvalue weighted by atomic mass is 9.69. The molecule has 3 aromatic rings. The van der Waals surface area contributed by atoms with E-state index in [4.69, 9.17) is 0 Å². The van der Waals surface area contributed by atoms with Gasteiger partial charge in [0.05, 0.1) is 28.2 Å². The highest BCUT2D eigenvalue weighted by atomic mass is 32.2. The van der Waals surface area contributed by atoms with Gasteiger partial charge in [-0.05, 0) is 113 Å². The van der Waals surface area contributed by atoms with Crippen LogP contribution in [0.15, 0.2) is 36.8 Å². The van der Waals surface area contributed by atoms with Crippen LogP contribution in [0.3, 0.4) is 0 Å². The van der Waals surface area contributed by atoms with Crippen LogP contribution in [0.25, 0.3) is 16.6 Å². The molecule has 0 bridgehead atoms. The van der Waals surface area contributed by atoms with Crippen molar-refractivity contribution >= 4 is 26.6 Å². The van der Waals surface area contributed by atoms with Gasteiger partial charge in [0.2, 0.25) is 0 Å². The molecule has 10 heteroatoms. The summed E-state index contributed by atoms with van der Waals surface area (Å²) >= 11 is 0. The second-order valence-electron chi connectivity index (χ2n) is 15.3. The van der Waals surface area contributed by atoms with E-state index in [-0.39, 0.29) is 17.2 Å². The average Bonchev–Trinajstić information content (AvgIpc) is 3.34. The number of benzene rings is 1. The van der Waals surface area contributed by atoms with Crippen molar-refractivity contribution in [2.45, 2.75) is 90.1 Å². The fourth-order valence-corrected chi connectivity index (χ4v) is 9.61. The number of fused-ring (bicyclic) bond motifs is 1. The van der Waals surface area contributed by atoms with Crippen molar-refractivity contribution in [3.8, 4) is 5.69 Å². The number of halogens is 1. The number of sulfone groups is 1. The maximum atomic E-state index is 14.5. The zero-order valence-corrected chi connectivity index (χ0v) is 29.9. The predicted octanol–water partition coefficient (Wildman–Crippen LogP) is 5.74. The van der Waals surface area contributed by atoms with Crippen LogP contribution < -0.4 is 0 Å². The van der Waals surface area contributed by atoms with Gasteiger partial charge in [0.15, 0.2) is 0 Å². The Morgan fingerprint density at radius 3 is 2.38 bits per heavy atom. The number of carbonyl (C=O) groups is 1. The first-order valence-corrected chi connectivity index (χ1v) is 19.4. The number of carbonyl (C=O) groups excluding carboxylic acids is 1. The third-order valence-corrected chi connectivity index (χ3v) is 13.0. The zero-order valence-electron chi connectivity index (χ0n) is 29.1. The molecule has 1 unspecified atom stereocenters. The molecule has 1 atom stereocenters. The molecule has 3 aliphatic rings. The van der Waals surface area contributed by atoms with E-state index in [1.807, 2.05) is 30.8 Å². The first-order valence-electron chi connectivity index (χ1n) is 17.4. The molecular weight excluding hydrogens is 614 g/mol. The van der Waals surface area contributed by atoms with Crippen LogP contribution in [0.1, 0.15) is 74.9 Å². The molecule has 3 fully saturated rings. The van der Waals surface area contributed by atoms with Crippen LogP contribution in [-0.4, -0.2) is 101 Å². The van der Waals surface area contributed by atoms with Crippen molar-refractivity contribution in [3.63, 3.8) is 0 Å². The van der Waals surface area contributed by atoms with E-state index < -0.39 is 15.7 Å². The largest absolute Gasteiger partial charge is 0.339 e. The highest BCUT2D eigenvalue weighted by molar-refractivity contribution is 7.91. The number of aryl methyl sites for hydroxylation is 1. The molecular formula is C37H52FN5O3S. The molecule has 0 spiro atoms. The van der Waals surface area contributed by atoms with Crippen LogP contribution in [0.4, 0.5) is 4.39 Å². The summed E-state index contributed by atoms with van der Waals surface area (Å²) in [5.74, 6) is 1.16. The van der Waals surface area contributed by atoms with E-state index in [0.29, 0.717) is 41.1 Å². The summed E-state index contributed by atoms with van der Waals surface area (Å²) in [5.41, 5.74) is 4.29. The average molecular weight is 666 g/mol. The Morgan fingerprint density at radius 2 is 1.77 bits per heavy atom. The van der Waals surface area contributed by atoms with Gasteiger partial charge in [0.25, 0.3) is 5.91 Å². The molecule has 1 saturated carbocycles. The number of hydrogen-bond donors (Lipinski definition) is 0. The summed E-state index contributed by atoms with van der Waals surface area (Å²) in [4.78, 5) is 24.9. The lowest BCUT2D eigenvalue weighted by Gasteiger charge is -2.55. The van der Waals surface area contributed by atoms with E-state index in [0.717, 1.165) is 56.5 Å². The molecule has 0 N–H and O–H groups in total. The van der Waals surface area contributed by atoms with E-state index in [9.17, 15) is 17.6 Å². The standard InChI is InChI=1S/C37H52FN5O3S/c1-23(2)36(27-15-30(16-27)41-12-10-31(11-13-41)47(7,45)46)42-20-26(21-42)14-28-22-43(34-19-39-18-25(5)35(28)34)33-9-8-29(38)17-32(33)37(44)40(6)24(3)4/h8-9,17-19,22-24,26-27,30-31,36H,10-16,20-21H2,1-7H3/t27-,30+,36?. The Kier molecular flexibility index (Phi) is 9.59. The van der Waals surface area contributed by atoms with Crippen molar-refractivity contribution < 1.29 is 17.6 Å². The minimum absolute atomic E-state index is 0.0130. The smallest absolute Gasteiger partial charge is 0.256 e. The second-order valence-corrected chi connectivity index (χ2v) is 17.6. The molecule has 256 valence electrons. The first kappa shape index (κ1) is 34.1. The molecule has 47 heavy (non-hydrogen) atoms. The van der Waals surface area contributed by atoms with Gasteiger partial charge in [-0.25, -0.2) is 12.8 Å². The number of nitrogens with zero attached hydrogens (tertiary/aromatic N) is 5. The van der Waals surface area contributed by atoms with Crippen LogP contribution in [-0.2, 0) is 16.3 Å². The fraction of sp³-hybridized carbons (Fsp3) is 0.622. The van der Waals surface area contributed by atoms with Crippen LogP contribution in [0, 0.1) is 30.5 Å². The number of amides is 1. The Bertz CT molecular complexity index is 1720. The lowest BCUT2D eigenvalue weighted by Crippen LogP contribution is -2.61. The highest BCUT2D eigenvalue weighted by Crippen LogP contribution is 2.42. The molecule has 1 amide bonds. The van der Waals surface area contributed by atoms with Gasteiger partial charge >= 0.3 is 0 Å². The van der Waals surface area contributed by atoms with Crippen LogP contribution in [0.2, 0.25) is 0 Å². The maximum Gasteiger partial charge on any atom is 0.256 e. The monoisotopic (exact) mass is 665 g/mol. The SMILES string of the molecule is Cc1cncc2c1c(CC1CN(C(C(C)C)[C@H]3C[C@@H](N4CCC(S(C)(=O)=O)CC4)C3)C1)cn2-c1ccc(F)cc1C(=O)N(C)C(C)C. The van der Waals surface area contributed by atoms with Gasteiger partial charge in [-0.15, -0.1) is 0 Å². The van der Waals surface area contributed by atoms with Gasteiger partial charge in [-0.2, -0.15) is 0 Å². The van der Waals surface area contributed by atoms with Crippen molar-refractivity contribution in [2.75, 3.05) is 39.5 Å². The maximum absolute atomic E-state index is 14.5. The molecule has 2 aliphatic heterocycles. The van der Waals surface area contributed by atoms with Crippen molar-refractivity contribution in [1.29, 1.82) is 0 Å². The normalized spacial score (nSPS) is 22.5. The number of hydrogen-bond acceptors (Lipinski definition) is 6. The van der Waals surface area contributed by atoms with E-state index in [1.54, 1.807) is 18.0 Å².